The van der Waals surface area contributed by atoms with Crippen LogP contribution in [0.5, 0.6) is 0 Å². The zero-order chi connectivity index (χ0) is 18.7. The number of carbonyl (C=O) groups is 2. The Labute approximate surface area is 151 Å². The van der Waals surface area contributed by atoms with Crippen molar-refractivity contribution < 1.29 is 14.0 Å². The summed E-state index contributed by atoms with van der Waals surface area (Å²) in [4.78, 5) is 24.4. The van der Waals surface area contributed by atoms with Gasteiger partial charge in [-0.15, -0.1) is 0 Å². The largest absolute Gasteiger partial charge is 0.459 e. The fraction of sp³-hybridized carbons (Fsp3) is 0.211. The summed E-state index contributed by atoms with van der Waals surface area (Å²) in [7, 11) is 1.86. The lowest BCUT2D eigenvalue weighted by Crippen LogP contribution is -2.16. The van der Waals surface area contributed by atoms with Crippen molar-refractivity contribution in [1.29, 1.82) is 0 Å². The minimum absolute atomic E-state index is 0.140. The Kier molecular flexibility index (Phi) is 4.88. The third kappa shape index (κ3) is 3.83. The van der Waals surface area contributed by atoms with Gasteiger partial charge in [0.1, 0.15) is 0 Å². The number of rotatable bonds is 5. The molecule has 0 aliphatic carbocycles. The lowest BCUT2D eigenvalue weighted by atomic mass is 10.1. The second kappa shape index (κ2) is 7.26. The van der Waals surface area contributed by atoms with Crippen molar-refractivity contribution in [3.63, 3.8) is 0 Å². The van der Waals surface area contributed by atoms with Gasteiger partial charge in [-0.1, -0.05) is 6.07 Å². The molecule has 0 bridgehead atoms. The summed E-state index contributed by atoms with van der Waals surface area (Å²) in [5, 5.41) is 9.91. The Morgan fingerprint density at radius 2 is 1.85 bits per heavy atom. The SMILES string of the molecule is Cc1nn(C)c(C)c1CC(=O)Nc1cccc(NC(=O)c2ccco2)c1. The smallest absolute Gasteiger partial charge is 0.291 e. The van der Waals surface area contributed by atoms with Crippen molar-refractivity contribution in [1.82, 2.24) is 9.78 Å². The molecular formula is C19H20N4O3. The van der Waals surface area contributed by atoms with Crippen LogP contribution in [0.3, 0.4) is 0 Å². The van der Waals surface area contributed by atoms with Crippen molar-refractivity contribution in [2.75, 3.05) is 10.6 Å². The fourth-order valence-electron chi connectivity index (χ4n) is 2.71. The van der Waals surface area contributed by atoms with E-state index in [1.165, 1.54) is 6.26 Å². The highest BCUT2D eigenvalue weighted by Crippen LogP contribution is 2.18. The Morgan fingerprint density at radius 3 is 2.46 bits per heavy atom. The molecule has 1 aromatic carbocycles. The van der Waals surface area contributed by atoms with Gasteiger partial charge in [0.15, 0.2) is 5.76 Å². The van der Waals surface area contributed by atoms with Gasteiger partial charge in [-0.3, -0.25) is 14.3 Å². The van der Waals surface area contributed by atoms with E-state index in [1.54, 1.807) is 41.1 Å². The molecule has 0 fully saturated rings. The number of hydrogen-bond acceptors (Lipinski definition) is 4. The molecule has 26 heavy (non-hydrogen) atoms. The van der Waals surface area contributed by atoms with E-state index in [4.69, 9.17) is 4.42 Å². The second-order valence-electron chi connectivity index (χ2n) is 6.01. The van der Waals surface area contributed by atoms with E-state index in [0.29, 0.717) is 11.4 Å². The van der Waals surface area contributed by atoms with Gasteiger partial charge < -0.3 is 15.1 Å². The minimum Gasteiger partial charge on any atom is -0.459 e. The number of nitrogens with one attached hydrogen (secondary N) is 2. The van der Waals surface area contributed by atoms with Crippen LogP contribution in [0.25, 0.3) is 0 Å². The number of aryl methyl sites for hydroxylation is 2. The molecule has 0 atom stereocenters. The zero-order valence-corrected chi connectivity index (χ0v) is 14.9. The van der Waals surface area contributed by atoms with E-state index in [9.17, 15) is 9.59 Å². The molecule has 0 radical (unpaired) electrons. The molecule has 7 nitrogen and oxygen atoms in total. The summed E-state index contributed by atoms with van der Waals surface area (Å²) in [6.07, 6.45) is 1.68. The molecular weight excluding hydrogens is 332 g/mol. The van der Waals surface area contributed by atoms with Gasteiger partial charge in [0.05, 0.1) is 18.4 Å². The van der Waals surface area contributed by atoms with Crippen LogP contribution in [0.2, 0.25) is 0 Å². The summed E-state index contributed by atoms with van der Waals surface area (Å²) in [5.41, 5.74) is 3.91. The molecule has 0 saturated carbocycles. The lowest BCUT2D eigenvalue weighted by molar-refractivity contribution is -0.115. The van der Waals surface area contributed by atoms with Crippen LogP contribution in [-0.2, 0) is 18.3 Å². The number of anilines is 2. The Morgan fingerprint density at radius 1 is 1.12 bits per heavy atom. The summed E-state index contributed by atoms with van der Waals surface area (Å²) >= 11 is 0. The summed E-state index contributed by atoms with van der Waals surface area (Å²) in [6.45, 7) is 3.83. The average Bonchev–Trinajstić information content (AvgIpc) is 3.20. The fourth-order valence-corrected chi connectivity index (χ4v) is 2.71. The number of hydrogen-bond donors (Lipinski definition) is 2. The molecule has 134 valence electrons. The number of carbonyl (C=O) groups excluding carboxylic acids is 2. The topological polar surface area (TPSA) is 89.2 Å². The van der Waals surface area contributed by atoms with Gasteiger partial charge in [-0.05, 0) is 44.2 Å². The second-order valence-corrected chi connectivity index (χ2v) is 6.01. The predicted octanol–water partition coefficient (Wildman–Crippen LogP) is 3.06. The highest BCUT2D eigenvalue weighted by Gasteiger charge is 2.14. The van der Waals surface area contributed by atoms with Crippen molar-refractivity contribution >= 4 is 23.2 Å². The third-order valence-electron chi connectivity index (χ3n) is 4.15. The van der Waals surface area contributed by atoms with Crippen LogP contribution in [0.4, 0.5) is 11.4 Å². The maximum Gasteiger partial charge on any atom is 0.291 e. The van der Waals surface area contributed by atoms with Gasteiger partial charge in [-0.25, -0.2) is 0 Å². The number of benzene rings is 1. The van der Waals surface area contributed by atoms with Crippen LogP contribution < -0.4 is 10.6 Å². The Hall–Kier alpha value is -3.35. The Balaban J connectivity index is 1.66. The van der Waals surface area contributed by atoms with Crippen LogP contribution in [0, 0.1) is 13.8 Å². The molecule has 0 aliphatic rings. The maximum absolute atomic E-state index is 12.4. The summed E-state index contributed by atoms with van der Waals surface area (Å²) in [6, 6.07) is 10.2. The van der Waals surface area contributed by atoms with E-state index >= 15 is 0 Å². The van der Waals surface area contributed by atoms with Crippen molar-refractivity contribution in [3.8, 4) is 0 Å². The van der Waals surface area contributed by atoms with Crippen LogP contribution in [0.15, 0.2) is 47.1 Å². The first-order valence-electron chi connectivity index (χ1n) is 8.18. The van der Waals surface area contributed by atoms with Gasteiger partial charge in [0.2, 0.25) is 5.91 Å². The standard InChI is InChI=1S/C19H20N4O3/c1-12-16(13(2)23(3)22-12)11-18(24)20-14-6-4-7-15(10-14)21-19(25)17-8-5-9-26-17/h4-10H,11H2,1-3H3,(H,20,24)(H,21,25). The first-order chi connectivity index (χ1) is 12.4. The minimum atomic E-state index is -0.347. The monoisotopic (exact) mass is 352 g/mol. The molecule has 3 aromatic rings. The lowest BCUT2D eigenvalue weighted by Gasteiger charge is -2.08. The summed E-state index contributed by atoms with van der Waals surface area (Å²) < 4.78 is 6.83. The molecule has 2 amide bonds. The molecule has 7 heteroatoms. The third-order valence-corrected chi connectivity index (χ3v) is 4.15. The van der Waals surface area contributed by atoms with Crippen LogP contribution >= 0.6 is 0 Å². The van der Waals surface area contributed by atoms with Crippen LogP contribution in [-0.4, -0.2) is 21.6 Å². The highest BCUT2D eigenvalue weighted by atomic mass is 16.3. The molecule has 2 N–H and O–H groups in total. The van der Waals surface area contributed by atoms with Gasteiger partial charge in [0.25, 0.3) is 5.91 Å². The summed E-state index contributed by atoms with van der Waals surface area (Å²) in [5.74, 6) is -0.263. The van der Waals surface area contributed by atoms with Crippen molar-refractivity contribution in [3.05, 3.63) is 65.4 Å². The van der Waals surface area contributed by atoms with Crippen molar-refractivity contribution in [2.45, 2.75) is 20.3 Å². The van der Waals surface area contributed by atoms with E-state index < -0.39 is 0 Å². The van der Waals surface area contributed by atoms with E-state index in [1.807, 2.05) is 20.9 Å². The van der Waals surface area contributed by atoms with Gasteiger partial charge in [0, 0.05) is 29.7 Å². The van der Waals surface area contributed by atoms with E-state index in [-0.39, 0.29) is 24.0 Å². The molecule has 0 saturated heterocycles. The van der Waals surface area contributed by atoms with E-state index in [2.05, 4.69) is 15.7 Å². The van der Waals surface area contributed by atoms with Gasteiger partial charge in [-0.2, -0.15) is 5.10 Å². The van der Waals surface area contributed by atoms with Crippen molar-refractivity contribution in [2.24, 2.45) is 7.05 Å². The molecule has 0 spiro atoms. The first-order valence-corrected chi connectivity index (χ1v) is 8.18. The average molecular weight is 352 g/mol. The quantitative estimate of drug-likeness (QED) is 0.738. The number of furan rings is 1. The van der Waals surface area contributed by atoms with E-state index in [0.717, 1.165) is 17.0 Å². The molecule has 2 aromatic heterocycles. The highest BCUT2D eigenvalue weighted by molar-refractivity contribution is 6.02. The molecule has 2 heterocycles. The zero-order valence-electron chi connectivity index (χ0n) is 14.9. The Bertz CT molecular complexity index is 942. The van der Waals surface area contributed by atoms with Gasteiger partial charge >= 0.3 is 0 Å². The normalized spacial score (nSPS) is 10.6. The maximum atomic E-state index is 12.4. The molecule has 0 aliphatic heterocycles. The number of aromatic nitrogens is 2. The predicted molar refractivity (Wildman–Crippen MR) is 98.1 cm³/mol. The van der Waals surface area contributed by atoms with Crippen LogP contribution in [0.1, 0.15) is 27.5 Å². The number of amides is 2. The first kappa shape index (κ1) is 17.5. The molecule has 3 rings (SSSR count). The molecule has 0 unspecified atom stereocenters. The number of nitrogens with zero attached hydrogens (tertiary/aromatic N) is 2.